The smallest absolute Gasteiger partial charge is 0.258 e. The minimum Gasteiger partial charge on any atom is -0.484 e. The molecule has 1 amide bonds. The van der Waals surface area contributed by atoms with Crippen molar-refractivity contribution < 1.29 is 14.3 Å². The number of hydrogen-bond donors (Lipinski definition) is 2. The van der Waals surface area contributed by atoms with Crippen molar-refractivity contribution in [3.63, 3.8) is 0 Å². The first-order valence-corrected chi connectivity index (χ1v) is 5.45. The highest BCUT2D eigenvalue weighted by Crippen LogP contribution is 2.10. The molecule has 0 aliphatic heterocycles. The number of amides is 1. The molecular formula is C11H11N5O3. The summed E-state index contributed by atoms with van der Waals surface area (Å²) in [6.45, 7) is 0.0846. The van der Waals surface area contributed by atoms with Crippen molar-refractivity contribution >= 4 is 12.2 Å². The summed E-state index contributed by atoms with van der Waals surface area (Å²) < 4.78 is 5.25. The third-order valence-corrected chi connectivity index (χ3v) is 2.23. The summed E-state index contributed by atoms with van der Waals surface area (Å²) in [5.41, 5.74) is 0.551. The summed E-state index contributed by atoms with van der Waals surface area (Å²) in [4.78, 5) is 21.9. The number of ether oxygens (including phenoxy) is 1. The van der Waals surface area contributed by atoms with Crippen LogP contribution in [0.1, 0.15) is 16.2 Å². The number of rotatable bonds is 6. The summed E-state index contributed by atoms with van der Waals surface area (Å²) in [5, 5.41) is 15.5. The van der Waals surface area contributed by atoms with E-state index in [2.05, 4.69) is 25.9 Å². The number of nitrogens with one attached hydrogen (secondary N) is 2. The Morgan fingerprint density at radius 2 is 2.16 bits per heavy atom. The fourth-order valence-corrected chi connectivity index (χ4v) is 1.28. The Hall–Kier alpha value is -2.77. The molecule has 8 heteroatoms. The van der Waals surface area contributed by atoms with Gasteiger partial charge in [-0.2, -0.15) is 0 Å². The molecule has 2 rings (SSSR count). The van der Waals surface area contributed by atoms with Crippen LogP contribution in [0.15, 0.2) is 24.3 Å². The molecule has 0 radical (unpaired) electrons. The van der Waals surface area contributed by atoms with E-state index in [1.54, 1.807) is 24.3 Å². The Labute approximate surface area is 108 Å². The molecular weight excluding hydrogens is 250 g/mol. The third-order valence-electron chi connectivity index (χ3n) is 2.23. The zero-order chi connectivity index (χ0) is 13.5. The Morgan fingerprint density at radius 3 is 2.79 bits per heavy atom. The number of hydrogen-bond acceptors (Lipinski definition) is 6. The first kappa shape index (κ1) is 12.7. The highest BCUT2D eigenvalue weighted by atomic mass is 16.5. The van der Waals surface area contributed by atoms with Gasteiger partial charge in [0.05, 0.1) is 6.54 Å². The van der Waals surface area contributed by atoms with Crippen molar-refractivity contribution in [3.05, 3.63) is 35.7 Å². The number of benzene rings is 1. The zero-order valence-electron chi connectivity index (χ0n) is 9.87. The number of aldehydes is 1. The molecule has 0 atom stereocenters. The molecule has 98 valence electrons. The van der Waals surface area contributed by atoms with Crippen LogP contribution in [0.3, 0.4) is 0 Å². The summed E-state index contributed by atoms with van der Waals surface area (Å²) in [5.74, 6) is 0.682. The number of nitrogens with zero attached hydrogens (tertiary/aromatic N) is 3. The highest BCUT2D eigenvalue weighted by molar-refractivity contribution is 5.77. The maximum absolute atomic E-state index is 11.5. The third kappa shape index (κ3) is 3.87. The minimum absolute atomic E-state index is 0.123. The van der Waals surface area contributed by atoms with Crippen molar-refractivity contribution in [1.82, 2.24) is 25.9 Å². The lowest BCUT2D eigenvalue weighted by molar-refractivity contribution is -0.123. The first-order valence-electron chi connectivity index (χ1n) is 5.45. The number of tetrazole rings is 1. The first-order chi connectivity index (χ1) is 9.28. The second-order valence-electron chi connectivity index (χ2n) is 3.60. The number of aromatic nitrogens is 4. The molecule has 0 saturated carbocycles. The predicted octanol–water partition coefficient (Wildman–Crippen LogP) is -0.293. The van der Waals surface area contributed by atoms with Crippen LogP contribution in [0.5, 0.6) is 5.75 Å². The number of aromatic amines is 1. The lowest BCUT2D eigenvalue weighted by atomic mass is 10.2. The maximum Gasteiger partial charge on any atom is 0.258 e. The van der Waals surface area contributed by atoms with Gasteiger partial charge in [0.25, 0.3) is 5.91 Å². The molecule has 0 aliphatic carbocycles. The second-order valence-corrected chi connectivity index (χ2v) is 3.60. The fraction of sp³-hybridized carbons (Fsp3) is 0.182. The topological polar surface area (TPSA) is 110 Å². The molecule has 0 bridgehead atoms. The van der Waals surface area contributed by atoms with Gasteiger partial charge in [-0.15, -0.1) is 5.10 Å². The molecule has 1 aromatic heterocycles. The normalized spacial score (nSPS) is 9.89. The largest absolute Gasteiger partial charge is 0.484 e. The molecule has 0 fully saturated rings. The van der Waals surface area contributed by atoms with Crippen LogP contribution in [0.4, 0.5) is 0 Å². The van der Waals surface area contributed by atoms with Gasteiger partial charge >= 0.3 is 0 Å². The van der Waals surface area contributed by atoms with Crippen LogP contribution in [0.2, 0.25) is 0 Å². The Morgan fingerprint density at radius 1 is 1.37 bits per heavy atom. The van der Waals surface area contributed by atoms with E-state index in [4.69, 9.17) is 4.74 Å². The number of H-pyrrole nitrogens is 1. The molecule has 0 saturated heterocycles. The lowest BCUT2D eigenvalue weighted by Crippen LogP contribution is -2.28. The van der Waals surface area contributed by atoms with Gasteiger partial charge in [0.1, 0.15) is 12.0 Å². The lowest BCUT2D eigenvalue weighted by Gasteiger charge is -2.06. The van der Waals surface area contributed by atoms with E-state index in [0.717, 1.165) is 6.29 Å². The van der Waals surface area contributed by atoms with Crippen molar-refractivity contribution in [1.29, 1.82) is 0 Å². The van der Waals surface area contributed by atoms with Crippen LogP contribution in [0, 0.1) is 0 Å². The van der Waals surface area contributed by atoms with Gasteiger partial charge in [-0.05, 0) is 34.7 Å². The Balaban J connectivity index is 1.74. The van der Waals surface area contributed by atoms with Gasteiger partial charge < -0.3 is 10.1 Å². The Bertz CT molecular complexity index is 538. The standard InChI is InChI=1S/C11H11N5O3/c17-6-8-1-3-9(4-2-8)19-7-11(18)12-5-10-13-15-16-14-10/h1-4,6H,5,7H2,(H,12,18)(H,13,14,15,16). The van der Waals surface area contributed by atoms with Crippen LogP contribution in [-0.2, 0) is 11.3 Å². The molecule has 1 heterocycles. The molecule has 8 nitrogen and oxygen atoms in total. The SMILES string of the molecule is O=Cc1ccc(OCC(=O)NCc2nnn[nH]2)cc1. The average Bonchev–Trinajstić information content (AvgIpc) is 2.96. The van der Waals surface area contributed by atoms with Crippen molar-refractivity contribution in [2.45, 2.75) is 6.54 Å². The van der Waals surface area contributed by atoms with Gasteiger partial charge in [0.2, 0.25) is 0 Å². The molecule has 2 N–H and O–H groups in total. The summed E-state index contributed by atoms with van der Waals surface area (Å²) in [6.07, 6.45) is 0.738. The van der Waals surface area contributed by atoms with E-state index >= 15 is 0 Å². The summed E-state index contributed by atoms with van der Waals surface area (Å²) >= 11 is 0. The second kappa shape index (κ2) is 6.24. The van der Waals surface area contributed by atoms with E-state index in [-0.39, 0.29) is 19.1 Å². The van der Waals surface area contributed by atoms with E-state index in [9.17, 15) is 9.59 Å². The molecule has 0 spiro atoms. The summed E-state index contributed by atoms with van der Waals surface area (Å²) in [6, 6.07) is 6.47. The molecule has 19 heavy (non-hydrogen) atoms. The van der Waals surface area contributed by atoms with E-state index < -0.39 is 0 Å². The zero-order valence-corrected chi connectivity index (χ0v) is 9.87. The number of carbonyl (C=O) groups is 2. The fourth-order valence-electron chi connectivity index (χ4n) is 1.28. The molecule has 2 aromatic rings. The van der Waals surface area contributed by atoms with Crippen molar-refractivity contribution in [3.8, 4) is 5.75 Å². The quantitative estimate of drug-likeness (QED) is 0.691. The molecule has 0 aliphatic rings. The van der Waals surface area contributed by atoms with Gasteiger partial charge in [0, 0.05) is 5.56 Å². The van der Waals surface area contributed by atoms with Crippen LogP contribution < -0.4 is 10.1 Å². The van der Waals surface area contributed by atoms with Gasteiger partial charge in [-0.25, -0.2) is 5.10 Å². The average molecular weight is 261 g/mol. The van der Waals surface area contributed by atoms with Gasteiger partial charge in [-0.3, -0.25) is 9.59 Å². The maximum atomic E-state index is 11.5. The van der Waals surface area contributed by atoms with Gasteiger partial charge in [-0.1, -0.05) is 0 Å². The molecule has 1 aromatic carbocycles. The van der Waals surface area contributed by atoms with E-state index in [1.807, 2.05) is 0 Å². The van der Waals surface area contributed by atoms with Gasteiger partial charge in [0.15, 0.2) is 12.4 Å². The number of carbonyl (C=O) groups excluding carboxylic acids is 2. The van der Waals surface area contributed by atoms with Crippen LogP contribution in [-0.4, -0.2) is 39.4 Å². The molecule has 0 unspecified atom stereocenters. The van der Waals surface area contributed by atoms with Crippen molar-refractivity contribution in [2.75, 3.05) is 6.61 Å². The van der Waals surface area contributed by atoms with Crippen molar-refractivity contribution in [2.24, 2.45) is 0 Å². The minimum atomic E-state index is -0.295. The van der Waals surface area contributed by atoms with Crippen LogP contribution >= 0.6 is 0 Å². The van der Waals surface area contributed by atoms with E-state index in [1.165, 1.54) is 0 Å². The monoisotopic (exact) mass is 261 g/mol. The highest BCUT2D eigenvalue weighted by Gasteiger charge is 2.04. The Kier molecular flexibility index (Phi) is 4.17. The summed E-state index contributed by atoms with van der Waals surface area (Å²) in [7, 11) is 0. The predicted molar refractivity (Wildman–Crippen MR) is 63.3 cm³/mol. The van der Waals surface area contributed by atoms with E-state index in [0.29, 0.717) is 17.1 Å². The van der Waals surface area contributed by atoms with Crippen LogP contribution in [0.25, 0.3) is 0 Å².